The second kappa shape index (κ2) is 12.6. The first-order valence-electron chi connectivity index (χ1n) is 18.7. The second-order valence-corrected chi connectivity index (χ2v) is 14.1. The van der Waals surface area contributed by atoms with Crippen LogP contribution in [0.5, 0.6) is 0 Å². The fraction of sp³-hybridized carbons (Fsp3) is 0. The normalized spacial score (nSPS) is 11.6. The molecular formula is C52H33NO2. The lowest BCUT2D eigenvalue weighted by Gasteiger charge is -2.28. The molecule has 3 heteroatoms. The van der Waals surface area contributed by atoms with Gasteiger partial charge in [-0.2, -0.15) is 0 Å². The van der Waals surface area contributed by atoms with Crippen LogP contribution in [0.25, 0.3) is 88.0 Å². The number of para-hydroxylation sites is 2. The highest BCUT2D eigenvalue weighted by atomic mass is 16.3. The van der Waals surface area contributed by atoms with Crippen molar-refractivity contribution in [1.82, 2.24) is 0 Å². The van der Waals surface area contributed by atoms with E-state index in [2.05, 4.69) is 193 Å². The van der Waals surface area contributed by atoms with Gasteiger partial charge in [0.15, 0.2) is 5.58 Å². The molecule has 0 saturated carbocycles. The van der Waals surface area contributed by atoms with Crippen LogP contribution in [0, 0.1) is 0 Å². The molecule has 0 spiro atoms. The van der Waals surface area contributed by atoms with Gasteiger partial charge >= 0.3 is 0 Å². The quantitative estimate of drug-likeness (QED) is 0.173. The molecule has 55 heavy (non-hydrogen) atoms. The van der Waals surface area contributed by atoms with Crippen LogP contribution < -0.4 is 4.90 Å². The Morgan fingerprint density at radius 3 is 1.62 bits per heavy atom. The summed E-state index contributed by atoms with van der Waals surface area (Å²) in [6, 6.07) is 70.9. The Labute approximate surface area is 317 Å². The minimum atomic E-state index is 0.827. The van der Waals surface area contributed by atoms with Gasteiger partial charge in [0, 0.05) is 44.2 Å². The smallest absolute Gasteiger partial charge is 0.159 e. The third kappa shape index (κ3) is 5.20. The number of benzene rings is 9. The third-order valence-electron chi connectivity index (χ3n) is 10.9. The molecule has 258 valence electrons. The summed E-state index contributed by atoms with van der Waals surface area (Å²) < 4.78 is 13.6. The van der Waals surface area contributed by atoms with Crippen LogP contribution in [0.4, 0.5) is 17.1 Å². The molecule has 0 atom stereocenters. The highest BCUT2D eigenvalue weighted by Crippen LogP contribution is 2.48. The highest BCUT2D eigenvalue weighted by molar-refractivity contribution is 6.17. The minimum absolute atomic E-state index is 0.827. The van der Waals surface area contributed by atoms with Crippen molar-refractivity contribution in [1.29, 1.82) is 0 Å². The van der Waals surface area contributed by atoms with Crippen LogP contribution >= 0.6 is 0 Å². The summed E-state index contributed by atoms with van der Waals surface area (Å²) in [7, 11) is 0. The first kappa shape index (κ1) is 31.2. The molecule has 2 aromatic heterocycles. The van der Waals surface area contributed by atoms with Crippen molar-refractivity contribution in [3.05, 3.63) is 200 Å². The number of anilines is 3. The van der Waals surface area contributed by atoms with Crippen molar-refractivity contribution in [2.24, 2.45) is 0 Å². The van der Waals surface area contributed by atoms with E-state index >= 15 is 0 Å². The summed E-state index contributed by atoms with van der Waals surface area (Å²) in [4.78, 5) is 2.34. The zero-order chi connectivity index (χ0) is 36.3. The summed E-state index contributed by atoms with van der Waals surface area (Å²) in [5.41, 5.74) is 13.3. The van der Waals surface area contributed by atoms with Gasteiger partial charge in [0.2, 0.25) is 0 Å². The fourth-order valence-corrected chi connectivity index (χ4v) is 8.18. The third-order valence-corrected chi connectivity index (χ3v) is 10.9. The predicted molar refractivity (Wildman–Crippen MR) is 229 cm³/mol. The van der Waals surface area contributed by atoms with Crippen LogP contribution in [-0.2, 0) is 0 Å². The Hall–Kier alpha value is -7.36. The van der Waals surface area contributed by atoms with Gasteiger partial charge in [0.05, 0.1) is 11.4 Å². The van der Waals surface area contributed by atoms with E-state index < -0.39 is 0 Å². The Morgan fingerprint density at radius 1 is 0.309 bits per heavy atom. The molecule has 2 heterocycles. The van der Waals surface area contributed by atoms with Gasteiger partial charge in [0.25, 0.3) is 0 Å². The van der Waals surface area contributed by atoms with Crippen molar-refractivity contribution >= 4 is 71.7 Å². The zero-order valence-electron chi connectivity index (χ0n) is 29.8. The lowest BCUT2D eigenvalue weighted by molar-refractivity contribution is 0.668. The van der Waals surface area contributed by atoms with Gasteiger partial charge in [-0.25, -0.2) is 0 Å². The number of hydrogen-bond donors (Lipinski definition) is 0. The molecular weight excluding hydrogens is 671 g/mol. The van der Waals surface area contributed by atoms with Crippen LogP contribution in [-0.4, -0.2) is 0 Å². The highest BCUT2D eigenvalue weighted by Gasteiger charge is 2.24. The van der Waals surface area contributed by atoms with E-state index in [0.29, 0.717) is 0 Å². The van der Waals surface area contributed by atoms with Crippen molar-refractivity contribution in [2.45, 2.75) is 0 Å². The number of fused-ring (bicyclic) bond motifs is 8. The van der Waals surface area contributed by atoms with E-state index in [9.17, 15) is 0 Å². The molecule has 11 aromatic rings. The van der Waals surface area contributed by atoms with Gasteiger partial charge in [-0.05, 0) is 69.6 Å². The second-order valence-electron chi connectivity index (χ2n) is 14.1. The van der Waals surface area contributed by atoms with E-state index in [1.165, 1.54) is 16.7 Å². The van der Waals surface area contributed by atoms with Crippen molar-refractivity contribution < 1.29 is 8.83 Å². The van der Waals surface area contributed by atoms with E-state index in [1.807, 2.05) is 12.1 Å². The lowest BCUT2D eigenvalue weighted by atomic mass is 9.96. The van der Waals surface area contributed by atoms with E-state index in [4.69, 9.17) is 8.83 Å². The average Bonchev–Trinajstić information content (AvgIpc) is 3.83. The largest absolute Gasteiger partial charge is 0.455 e. The molecule has 0 amide bonds. The fourth-order valence-electron chi connectivity index (χ4n) is 8.18. The SMILES string of the molecule is c1ccc(-c2ccc(-c3cc4c(cc3N(c3ccc(-c5ccccc5)cc3)c3cccc5c3oc3ccccc35)oc3c5ccccc5ccc43)cc2)cc1. The van der Waals surface area contributed by atoms with Crippen LogP contribution in [0.3, 0.4) is 0 Å². The van der Waals surface area contributed by atoms with Gasteiger partial charge < -0.3 is 13.7 Å². The molecule has 0 aliphatic heterocycles. The Bertz CT molecular complexity index is 3180. The van der Waals surface area contributed by atoms with Crippen molar-refractivity contribution in [3.8, 4) is 33.4 Å². The Kier molecular flexibility index (Phi) is 7.17. The van der Waals surface area contributed by atoms with E-state index in [0.717, 1.165) is 88.4 Å². The van der Waals surface area contributed by atoms with Crippen molar-refractivity contribution in [3.63, 3.8) is 0 Å². The molecule has 0 radical (unpaired) electrons. The Morgan fingerprint density at radius 2 is 0.873 bits per heavy atom. The van der Waals surface area contributed by atoms with Crippen molar-refractivity contribution in [2.75, 3.05) is 4.90 Å². The first-order chi connectivity index (χ1) is 27.3. The molecule has 0 N–H and O–H groups in total. The molecule has 0 fully saturated rings. The topological polar surface area (TPSA) is 29.5 Å². The average molecular weight is 704 g/mol. The summed E-state index contributed by atoms with van der Waals surface area (Å²) >= 11 is 0. The summed E-state index contributed by atoms with van der Waals surface area (Å²) in [5.74, 6) is 0. The summed E-state index contributed by atoms with van der Waals surface area (Å²) in [5, 5.41) is 6.60. The van der Waals surface area contributed by atoms with Crippen LogP contribution in [0.2, 0.25) is 0 Å². The first-order valence-corrected chi connectivity index (χ1v) is 18.7. The molecule has 9 aromatic carbocycles. The molecule has 0 bridgehead atoms. The number of nitrogens with zero attached hydrogens (tertiary/aromatic N) is 1. The maximum Gasteiger partial charge on any atom is 0.159 e. The minimum Gasteiger partial charge on any atom is -0.455 e. The van der Waals surface area contributed by atoms with Gasteiger partial charge in [-0.3, -0.25) is 0 Å². The number of hydrogen-bond acceptors (Lipinski definition) is 3. The number of rotatable bonds is 6. The zero-order valence-corrected chi connectivity index (χ0v) is 29.8. The summed E-state index contributed by atoms with van der Waals surface area (Å²) in [6.07, 6.45) is 0. The van der Waals surface area contributed by atoms with E-state index in [1.54, 1.807) is 0 Å². The Balaban J connectivity index is 1.20. The predicted octanol–water partition coefficient (Wildman–Crippen LogP) is 15.1. The lowest BCUT2D eigenvalue weighted by Crippen LogP contribution is -2.11. The molecule has 11 rings (SSSR count). The van der Waals surface area contributed by atoms with Gasteiger partial charge in [-0.15, -0.1) is 0 Å². The maximum atomic E-state index is 6.86. The molecule has 0 aliphatic rings. The van der Waals surface area contributed by atoms with Gasteiger partial charge in [0.1, 0.15) is 16.7 Å². The van der Waals surface area contributed by atoms with Crippen LogP contribution in [0.15, 0.2) is 209 Å². The van der Waals surface area contributed by atoms with Gasteiger partial charge in [-0.1, -0.05) is 158 Å². The molecule has 3 nitrogen and oxygen atoms in total. The summed E-state index contributed by atoms with van der Waals surface area (Å²) in [6.45, 7) is 0. The van der Waals surface area contributed by atoms with E-state index in [-0.39, 0.29) is 0 Å². The number of furan rings is 2. The van der Waals surface area contributed by atoms with Crippen LogP contribution in [0.1, 0.15) is 0 Å². The maximum absolute atomic E-state index is 6.86. The molecule has 0 aliphatic carbocycles. The monoisotopic (exact) mass is 703 g/mol. The molecule has 0 saturated heterocycles. The molecule has 0 unspecified atom stereocenters. The standard InChI is InChI=1S/C52H33NO2/c1-3-12-34(13-4-1)36-22-24-39(25-23-36)45-32-46-44-31-28-38-16-7-8-17-41(38)51(44)55-50(46)33-48(45)53(40-29-26-37(27-30-40)35-14-5-2-6-15-35)47-20-11-19-43-42-18-9-10-21-49(42)54-52(43)47/h1-33H.